The number of nitrogens with zero attached hydrogens (tertiary/aromatic N) is 1. The highest BCUT2D eigenvalue weighted by molar-refractivity contribution is 5.94. The highest BCUT2D eigenvalue weighted by Gasteiger charge is 2.28. The lowest BCUT2D eigenvalue weighted by molar-refractivity contribution is 0.0696. The highest BCUT2D eigenvalue weighted by atomic mass is 16.4. The number of hydrogen-bond donors (Lipinski definition) is 3. The Labute approximate surface area is 123 Å². The van der Waals surface area contributed by atoms with Gasteiger partial charge >= 0.3 is 12.0 Å². The molecule has 2 amide bonds. The Hall–Kier alpha value is -2.08. The second kappa shape index (κ2) is 6.13. The largest absolute Gasteiger partial charge is 0.478 e. The maximum absolute atomic E-state index is 12.2. The molecule has 6 nitrogen and oxygen atoms in total. The fraction of sp³-hybridized carbons (Fsp3) is 0.467. The Kier molecular flexibility index (Phi) is 4.47. The number of aliphatic hydroxyl groups excluding tert-OH is 1. The Balaban J connectivity index is 2.20. The van der Waals surface area contributed by atoms with Gasteiger partial charge < -0.3 is 20.4 Å². The van der Waals surface area contributed by atoms with E-state index >= 15 is 0 Å². The van der Waals surface area contributed by atoms with Crippen LogP contribution in [0, 0.1) is 13.8 Å². The molecule has 1 saturated heterocycles. The summed E-state index contributed by atoms with van der Waals surface area (Å²) in [7, 11) is 0. The number of benzene rings is 1. The number of aryl methyl sites for hydroxylation is 1. The molecule has 0 aliphatic carbocycles. The Morgan fingerprint density at radius 2 is 2.10 bits per heavy atom. The second-order valence-corrected chi connectivity index (χ2v) is 5.37. The van der Waals surface area contributed by atoms with E-state index < -0.39 is 5.97 Å². The van der Waals surface area contributed by atoms with Crippen LogP contribution >= 0.6 is 0 Å². The molecule has 6 heteroatoms. The van der Waals surface area contributed by atoms with Gasteiger partial charge in [0.25, 0.3) is 0 Å². The molecule has 21 heavy (non-hydrogen) atoms. The van der Waals surface area contributed by atoms with Crippen LogP contribution in [0.5, 0.6) is 0 Å². The van der Waals surface area contributed by atoms with Crippen LogP contribution in [0.15, 0.2) is 12.1 Å². The molecule has 114 valence electrons. The maximum Gasteiger partial charge on any atom is 0.336 e. The quantitative estimate of drug-likeness (QED) is 0.794. The number of urea groups is 1. The van der Waals surface area contributed by atoms with E-state index in [0.29, 0.717) is 17.8 Å². The minimum absolute atomic E-state index is 0.0548. The van der Waals surface area contributed by atoms with Crippen molar-refractivity contribution in [2.75, 3.05) is 18.5 Å². The third kappa shape index (κ3) is 3.16. The van der Waals surface area contributed by atoms with E-state index in [1.54, 1.807) is 17.9 Å². The van der Waals surface area contributed by atoms with Gasteiger partial charge in [-0.2, -0.15) is 0 Å². The minimum atomic E-state index is -1.01. The average Bonchev–Trinajstić information content (AvgIpc) is 2.90. The summed E-state index contributed by atoms with van der Waals surface area (Å²) >= 11 is 0. The van der Waals surface area contributed by atoms with Crippen LogP contribution < -0.4 is 5.32 Å². The predicted molar refractivity (Wildman–Crippen MR) is 78.7 cm³/mol. The molecule has 1 aliphatic heterocycles. The summed E-state index contributed by atoms with van der Waals surface area (Å²) in [5, 5.41) is 21.2. The van der Waals surface area contributed by atoms with Gasteiger partial charge in [-0.1, -0.05) is 0 Å². The van der Waals surface area contributed by atoms with Crippen LogP contribution in [0.1, 0.15) is 34.3 Å². The number of anilines is 1. The first-order valence-electron chi connectivity index (χ1n) is 6.97. The highest BCUT2D eigenvalue weighted by Crippen LogP contribution is 2.22. The molecule has 1 aromatic carbocycles. The number of carboxylic acid groups (broad SMARTS) is 1. The number of aromatic carboxylic acids is 1. The van der Waals surface area contributed by atoms with E-state index in [-0.39, 0.29) is 24.2 Å². The van der Waals surface area contributed by atoms with Crippen molar-refractivity contribution in [3.05, 3.63) is 28.8 Å². The topological polar surface area (TPSA) is 89.9 Å². The molecule has 1 heterocycles. The predicted octanol–water partition coefficient (Wildman–Crippen LogP) is 1.99. The molecule has 1 fully saturated rings. The maximum atomic E-state index is 12.2. The third-order valence-electron chi connectivity index (χ3n) is 4.00. The zero-order valence-electron chi connectivity index (χ0n) is 12.2. The van der Waals surface area contributed by atoms with Gasteiger partial charge in [0, 0.05) is 12.2 Å². The van der Waals surface area contributed by atoms with Gasteiger partial charge in [-0.05, 0) is 49.9 Å². The van der Waals surface area contributed by atoms with Crippen molar-refractivity contribution >= 4 is 17.7 Å². The van der Waals surface area contributed by atoms with Crippen LogP contribution in [-0.4, -0.2) is 46.3 Å². The molecule has 3 N–H and O–H groups in total. The second-order valence-electron chi connectivity index (χ2n) is 5.37. The Morgan fingerprint density at radius 1 is 1.38 bits per heavy atom. The van der Waals surface area contributed by atoms with Crippen LogP contribution in [0.3, 0.4) is 0 Å². The smallest absolute Gasteiger partial charge is 0.336 e. The molecular weight excluding hydrogens is 272 g/mol. The van der Waals surface area contributed by atoms with Crippen LogP contribution in [0.4, 0.5) is 10.5 Å². The minimum Gasteiger partial charge on any atom is -0.478 e. The molecule has 0 aromatic heterocycles. The summed E-state index contributed by atoms with van der Waals surface area (Å²) in [4.78, 5) is 25.0. The summed E-state index contributed by atoms with van der Waals surface area (Å²) in [5.41, 5.74) is 2.15. The van der Waals surface area contributed by atoms with Gasteiger partial charge in [-0.3, -0.25) is 0 Å². The van der Waals surface area contributed by atoms with Gasteiger partial charge in [0.1, 0.15) is 0 Å². The van der Waals surface area contributed by atoms with E-state index in [4.69, 9.17) is 0 Å². The number of aliphatic hydroxyl groups is 1. The number of rotatable bonds is 3. The van der Waals surface area contributed by atoms with Gasteiger partial charge in [-0.25, -0.2) is 9.59 Å². The van der Waals surface area contributed by atoms with Crippen molar-refractivity contribution in [2.45, 2.75) is 32.7 Å². The zero-order valence-corrected chi connectivity index (χ0v) is 12.2. The summed E-state index contributed by atoms with van der Waals surface area (Å²) in [5.74, 6) is -1.01. The normalized spacial score (nSPS) is 17.9. The van der Waals surface area contributed by atoms with E-state index in [1.165, 1.54) is 6.07 Å². The standard InChI is InChI=1S/C15H20N2O4/c1-9-6-11(7-13(10(9)2)14(19)20)16-15(21)17-5-3-4-12(17)8-18/h6-7,12,18H,3-5,8H2,1-2H3,(H,16,21)(H,19,20). The molecule has 2 rings (SSSR count). The summed E-state index contributed by atoms with van der Waals surface area (Å²) < 4.78 is 0. The van der Waals surface area contributed by atoms with Gasteiger partial charge in [0.15, 0.2) is 0 Å². The van der Waals surface area contributed by atoms with Crippen molar-refractivity contribution in [2.24, 2.45) is 0 Å². The van der Waals surface area contributed by atoms with E-state index in [9.17, 15) is 19.8 Å². The summed E-state index contributed by atoms with van der Waals surface area (Å²) in [6.07, 6.45) is 1.66. The average molecular weight is 292 g/mol. The third-order valence-corrected chi connectivity index (χ3v) is 4.00. The summed E-state index contributed by atoms with van der Waals surface area (Å²) in [6.45, 7) is 4.10. The Bertz CT molecular complexity index is 571. The first-order chi connectivity index (χ1) is 9.93. The van der Waals surface area contributed by atoms with Crippen molar-refractivity contribution in [3.63, 3.8) is 0 Å². The molecule has 1 unspecified atom stereocenters. The monoisotopic (exact) mass is 292 g/mol. The number of amides is 2. The van der Waals surface area contributed by atoms with Crippen molar-refractivity contribution in [1.29, 1.82) is 0 Å². The van der Waals surface area contributed by atoms with E-state index in [0.717, 1.165) is 18.4 Å². The molecule has 1 aromatic rings. The van der Waals surface area contributed by atoms with Crippen LogP contribution in [-0.2, 0) is 0 Å². The molecule has 1 aliphatic rings. The van der Waals surface area contributed by atoms with Crippen molar-refractivity contribution in [1.82, 2.24) is 4.90 Å². The fourth-order valence-electron chi connectivity index (χ4n) is 2.64. The van der Waals surface area contributed by atoms with E-state index in [1.807, 2.05) is 6.92 Å². The molecular formula is C15H20N2O4. The Morgan fingerprint density at radius 3 is 2.71 bits per heavy atom. The molecule has 0 spiro atoms. The van der Waals surface area contributed by atoms with Crippen molar-refractivity contribution in [3.8, 4) is 0 Å². The number of likely N-dealkylation sites (tertiary alicyclic amines) is 1. The lowest BCUT2D eigenvalue weighted by Gasteiger charge is -2.23. The summed E-state index contributed by atoms with van der Waals surface area (Å²) in [6, 6.07) is 2.76. The number of carbonyl (C=O) groups excluding carboxylic acids is 1. The zero-order chi connectivity index (χ0) is 15.6. The molecule has 0 bridgehead atoms. The number of hydrogen-bond acceptors (Lipinski definition) is 3. The lowest BCUT2D eigenvalue weighted by atomic mass is 10.0. The van der Waals surface area contributed by atoms with Crippen LogP contribution in [0.25, 0.3) is 0 Å². The number of carboxylic acids is 1. The fourth-order valence-corrected chi connectivity index (χ4v) is 2.64. The number of nitrogens with one attached hydrogen (secondary N) is 1. The van der Waals surface area contributed by atoms with Gasteiger partial charge in [0.05, 0.1) is 18.2 Å². The molecule has 0 saturated carbocycles. The van der Waals surface area contributed by atoms with Gasteiger partial charge in [0.2, 0.25) is 0 Å². The first kappa shape index (κ1) is 15.3. The van der Waals surface area contributed by atoms with Crippen molar-refractivity contribution < 1.29 is 19.8 Å². The molecule has 0 radical (unpaired) electrons. The van der Waals surface area contributed by atoms with Crippen LogP contribution in [0.2, 0.25) is 0 Å². The van der Waals surface area contributed by atoms with Gasteiger partial charge in [-0.15, -0.1) is 0 Å². The lowest BCUT2D eigenvalue weighted by Crippen LogP contribution is -2.40. The molecule has 1 atom stereocenters. The van der Waals surface area contributed by atoms with E-state index in [2.05, 4.69) is 5.32 Å². The SMILES string of the molecule is Cc1cc(NC(=O)N2CCCC2CO)cc(C(=O)O)c1C. The first-order valence-corrected chi connectivity index (χ1v) is 6.97. The number of carbonyl (C=O) groups is 2.